The minimum absolute atomic E-state index is 0.0242. The molecule has 0 radical (unpaired) electrons. The van der Waals surface area contributed by atoms with Crippen molar-refractivity contribution in [2.75, 3.05) is 67.6 Å². The van der Waals surface area contributed by atoms with Crippen LogP contribution in [0.15, 0.2) is 12.4 Å². The van der Waals surface area contributed by atoms with Crippen LogP contribution >= 0.6 is 0 Å². The Kier molecular flexibility index (Phi) is 10.4. The summed E-state index contributed by atoms with van der Waals surface area (Å²) in [6, 6.07) is 0.399. The zero-order chi connectivity index (χ0) is 30.6. The van der Waals surface area contributed by atoms with E-state index in [4.69, 9.17) is 14.6 Å². The Hall–Kier alpha value is -1.82. The van der Waals surface area contributed by atoms with Crippen LogP contribution in [0.3, 0.4) is 0 Å². The minimum Gasteiger partial charge on any atom is -0.374 e. The van der Waals surface area contributed by atoms with E-state index in [1.54, 1.807) is 0 Å². The van der Waals surface area contributed by atoms with E-state index in [1.807, 2.05) is 20.3 Å². The molecule has 4 fully saturated rings. The van der Waals surface area contributed by atoms with Gasteiger partial charge in [0.2, 0.25) is 0 Å². The Morgan fingerprint density at radius 3 is 2.16 bits per heavy atom. The van der Waals surface area contributed by atoms with Gasteiger partial charge in [0.25, 0.3) is 0 Å². The molecule has 0 amide bonds. The molecule has 10 heteroatoms. The van der Waals surface area contributed by atoms with Crippen LogP contribution < -0.4 is 10.6 Å². The van der Waals surface area contributed by atoms with E-state index in [2.05, 4.69) is 55.6 Å². The van der Waals surface area contributed by atoms with E-state index in [1.165, 1.54) is 61.0 Å². The van der Waals surface area contributed by atoms with Crippen LogP contribution in [0.1, 0.15) is 111 Å². The number of hydrogen-bond acceptors (Lipinski definition) is 8. The van der Waals surface area contributed by atoms with Crippen LogP contribution in [0.5, 0.6) is 0 Å². The molecule has 10 nitrogen and oxygen atoms in total. The first kappa shape index (κ1) is 32.1. The zero-order valence-electron chi connectivity index (χ0n) is 27.9. The van der Waals surface area contributed by atoms with Gasteiger partial charge in [0.05, 0.1) is 42.3 Å². The highest BCUT2D eigenvalue weighted by molar-refractivity contribution is 5.24. The van der Waals surface area contributed by atoms with Crippen molar-refractivity contribution in [2.24, 2.45) is 0 Å². The van der Waals surface area contributed by atoms with Crippen LogP contribution in [-0.2, 0) is 22.6 Å². The largest absolute Gasteiger partial charge is 0.374 e. The summed E-state index contributed by atoms with van der Waals surface area (Å²) < 4.78 is 15.8. The molecule has 4 aliphatic rings. The van der Waals surface area contributed by atoms with Gasteiger partial charge in [-0.05, 0) is 86.0 Å². The fourth-order valence-electron chi connectivity index (χ4n) is 8.49. The SMILES string of the molecule is CNCCN(C)Cc1cn(C2CCC3(CC[C@H](c4[nH]ncc4CN(C)CCNC)CO3)C2)nc1[C@@H]1CCC2(CCCC2)OC1. The van der Waals surface area contributed by atoms with Crippen LogP contribution in [-0.4, -0.2) is 109 Å². The average molecular weight is 611 g/mol. The van der Waals surface area contributed by atoms with Crippen molar-refractivity contribution >= 4 is 0 Å². The number of rotatable bonds is 13. The summed E-state index contributed by atoms with van der Waals surface area (Å²) in [6.07, 6.45) is 17.5. The van der Waals surface area contributed by atoms with Gasteiger partial charge in [-0.2, -0.15) is 10.2 Å². The number of hydrogen-bond donors (Lipinski definition) is 3. The molecule has 2 aromatic rings. The maximum atomic E-state index is 6.81. The van der Waals surface area contributed by atoms with Crippen molar-refractivity contribution in [1.29, 1.82) is 0 Å². The molecule has 2 spiro atoms. The summed E-state index contributed by atoms with van der Waals surface area (Å²) in [5.74, 6) is 0.790. The monoisotopic (exact) mass is 610 g/mol. The molecule has 44 heavy (non-hydrogen) atoms. The molecule has 0 bridgehead atoms. The number of aromatic amines is 1. The predicted octanol–water partition coefficient (Wildman–Crippen LogP) is 4.17. The number of nitrogens with one attached hydrogen (secondary N) is 3. The van der Waals surface area contributed by atoms with Gasteiger partial charge < -0.3 is 29.9 Å². The van der Waals surface area contributed by atoms with E-state index < -0.39 is 0 Å². The summed E-state index contributed by atoms with van der Waals surface area (Å²) in [6.45, 7) is 7.47. The first-order valence-corrected chi connectivity index (χ1v) is 17.5. The predicted molar refractivity (Wildman–Crippen MR) is 174 cm³/mol. The summed E-state index contributed by atoms with van der Waals surface area (Å²) in [5, 5.41) is 19.7. The number of ether oxygens (including phenoxy) is 2. The maximum absolute atomic E-state index is 6.81. The molecule has 2 aliphatic heterocycles. The van der Waals surface area contributed by atoms with Crippen molar-refractivity contribution in [1.82, 2.24) is 40.4 Å². The Bertz CT molecular complexity index is 1170. The maximum Gasteiger partial charge on any atom is 0.0723 e. The topological polar surface area (TPSA) is 95.5 Å². The fourth-order valence-corrected chi connectivity index (χ4v) is 8.49. The molecule has 2 unspecified atom stereocenters. The number of H-pyrrole nitrogens is 1. The minimum atomic E-state index is -0.0242. The van der Waals surface area contributed by atoms with Gasteiger partial charge in [0, 0.05) is 74.1 Å². The highest BCUT2D eigenvalue weighted by atomic mass is 16.5. The van der Waals surface area contributed by atoms with Gasteiger partial charge in [-0.1, -0.05) is 12.8 Å². The molecule has 6 rings (SSSR count). The molecule has 4 heterocycles. The lowest BCUT2D eigenvalue weighted by Gasteiger charge is -2.38. The lowest BCUT2D eigenvalue weighted by molar-refractivity contribution is -0.0850. The van der Waals surface area contributed by atoms with Gasteiger partial charge in [-0.25, -0.2) is 0 Å². The highest BCUT2D eigenvalue weighted by Crippen LogP contribution is 2.48. The van der Waals surface area contributed by atoms with Gasteiger partial charge in [-0.3, -0.25) is 9.78 Å². The van der Waals surface area contributed by atoms with Crippen LogP contribution in [0.25, 0.3) is 0 Å². The van der Waals surface area contributed by atoms with E-state index in [0.29, 0.717) is 17.9 Å². The standard InChI is InChI=1S/C34H58N8O2/c1-35-15-17-40(3)21-28-20-37-38-31(28)26-8-13-34(44-24-26)14-9-30(19-34)42-23-29(22-41(4)18-16-36-2)32(39-42)27-7-12-33(43-25-27)10-5-6-11-33/h20,23,26-27,30,35-36H,5-19,21-22,24-25H2,1-4H3,(H,37,38)/t26-,27+,30?,34?/m0/s1. The summed E-state index contributed by atoms with van der Waals surface area (Å²) >= 11 is 0. The fraction of sp³-hybridized carbons (Fsp3) is 0.824. The average Bonchev–Trinajstić information content (AvgIpc) is 3.85. The van der Waals surface area contributed by atoms with Crippen molar-refractivity contribution in [2.45, 2.75) is 113 Å². The number of nitrogens with zero attached hydrogens (tertiary/aromatic N) is 5. The first-order valence-electron chi connectivity index (χ1n) is 17.5. The highest BCUT2D eigenvalue weighted by Gasteiger charge is 2.45. The Morgan fingerprint density at radius 2 is 1.50 bits per heavy atom. The van der Waals surface area contributed by atoms with Crippen molar-refractivity contribution in [3.05, 3.63) is 34.9 Å². The third-order valence-electron chi connectivity index (χ3n) is 11.3. The molecule has 246 valence electrons. The number of aromatic nitrogens is 4. The normalized spacial score (nSPS) is 28.7. The third kappa shape index (κ3) is 7.26. The molecule has 4 atom stereocenters. The second-order valence-electron chi connectivity index (χ2n) is 14.6. The first-order chi connectivity index (χ1) is 21.4. The smallest absolute Gasteiger partial charge is 0.0723 e. The third-order valence-corrected chi connectivity index (χ3v) is 11.3. The molecule has 2 aromatic heterocycles. The summed E-state index contributed by atoms with van der Waals surface area (Å²) in [4.78, 5) is 4.78. The summed E-state index contributed by atoms with van der Waals surface area (Å²) in [7, 11) is 8.44. The van der Waals surface area contributed by atoms with Gasteiger partial charge in [0.1, 0.15) is 0 Å². The Morgan fingerprint density at radius 1 is 0.864 bits per heavy atom. The molecule has 2 aliphatic carbocycles. The lowest BCUT2D eigenvalue weighted by atomic mass is 9.85. The van der Waals surface area contributed by atoms with Gasteiger partial charge in [-0.15, -0.1) is 0 Å². The zero-order valence-corrected chi connectivity index (χ0v) is 27.9. The second-order valence-corrected chi connectivity index (χ2v) is 14.6. The molecular formula is C34H58N8O2. The van der Waals surface area contributed by atoms with Crippen molar-refractivity contribution in [3.8, 4) is 0 Å². The van der Waals surface area contributed by atoms with Crippen LogP contribution in [0.2, 0.25) is 0 Å². The summed E-state index contributed by atoms with van der Waals surface area (Å²) in [5.41, 5.74) is 5.38. The van der Waals surface area contributed by atoms with E-state index in [9.17, 15) is 0 Å². The van der Waals surface area contributed by atoms with Crippen molar-refractivity contribution < 1.29 is 9.47 Å². The van der Waals surface area contributed by atoms with E-state index >= 15 is 0 Å². The second kappa shape index (κ2) is 14.3. The van der Waals surface area contributed by atoms with Gasteiger partial charge >= 0.3 is 0 Å². The Labute approximate surface area is 265 Å². The van der Waals surface area contributed by atoms with Crippen LogP contribution in [0, 0.1) is 0 Å². The van der Waals surface area contributed by atoms with E-state index in [0.717, 1.165) is 84.6 Å². The van der Waals surface area contributed by atoms with E-state index in [-0.39, 0.29) is 11.2 Å². The van der Waals surface area contributed by atoms with Crippen LogP contribution in [0.4, 0.5) is 0 Å². The lowest BCUT2D eigenvalue weighted by Crippen LogP contribution is -2.37. The molecule has 2 saturated heterocycles. The molecule has 3 N–H and O–H groups in total. The number of likely N-dealkylation sites (N-methyl/N-ethyl adjacent to an activating group) is 4. The van der Waals surface area contributed by atoms with Gasteiger partial charge in [0.15, 0.2) is 0 Å². The quantitative estimate of drug-likeness (QED) is 0.311. The van der Waals surface area contributed by atoms with Crippen molar-refractivity contribution in [3.63, 3.8) is 0 Å². The Balaban J connectivity index is 1.10. The molecular weight excluding hydrogens is 552 g/mol. The molecule has 0 aromatic carbocycles. The molecule has 2 saturated carbocycles.